The molecule has 3 rings (SSSR count). The molecule has 9 nitrogen and oxygen atoms in total. The molecular weight excluding hydrogens is 278 g/mol. The molecule has 1 aliphatic rings. The van der Waals surface area contributed by atoms with Crippen molar-refractivity contribution >= 4 is 17.0 Å². The van der Waals surface area contributed by atoms with Gasteiger partial charge in [0.05, 0.1) is 12.9 Å². The minimum Gasteiger partial charge on any atom is -0.388 e. The van der Waals surface area contributed by atoms with Gasteiger partial charge in [0.25, 0.3) is 0 Å². The highest BCUT2D eigenvalue weighted by molar-refractivity contribution is 5.83. The van der Waals surface area contributed by atoms with Crippen molar-refractivity contribution < 1.29 is 20.1 Å². The average Bonchev–Trinajstić information content (AvgIpc) is 2.88. The van der Waals surface area contributed by atoms with Crippen molar-refractivity contribution in [3.05, 3.63) is 12.7 Å². The molecule has 3 heterocycles. The van der Waals surface area contributed by atoms with Gasteiger partial charge in [0, 0.05) is 14.1 Å². The maximum absolute atomic E-state index is 10.1. The van der Waals surface area contributed by atoms with Crippen LogP contribution in [0.25, 0.3) is 11.2 Å². The second-order valence-corrected chi connectivity index (χ2v) is 5.19. The van der Waals surface area contributed by atoms with E-state index in [-0.39, 0.29) is 6.61 Å². The third kappa shape index (κ3) is 2.23. The predicted octanol–water partition coefficient (Wildman–Crippen LogP) is -1.50. The van der Waals surface area contributed by atoms with Crippen LogP contribution in [0, 0.1) is 0 Å². The van der Waals surface area contributed by atoms with Gasteiger partial charge < -0.3 is 25.0 Å². The van der Waals surface area contributed by atoms with Crippen LogP contribution in [-0.2, 0) is 4.74 Å². The monoisotopic (exact) mass is 295 g/mol. The van der Waals surface area contributed by atoms with Crippen LogP contribution >= 0.6 is 0 Å². The molecule has 2 aromatic rings. The predicted molar refractivity (Wildman–Crippen MR) is 72.7 cm³/mol. The number of hydrogen-bond donors (Lipinski definition) is 3. The van der Waals surface area contributed by atoms with Gasteiger partial charge in [0.15, 0.2) is 23.2 Å². The molecule has 3 N–H and O–H groups in total. The Hall–Kier alpha value is -1.81. The molecule has 2 aromatic heterocycles. The highest BCUT2D eigenvalue weighted by Gasteiger charge is 2.39. The summed E-state index contributed by atoms with van der Waals surface area (Å²) in [7, 11) is 3.68. The molecule has 1 aliphatic heterocycles. The number of aliphatic hydroxyl groups is 3. The molecule has 1 saturated heterocycles. The normalized spacial score (nSPS) is 29.8. The zero-order valence-corrected chi connectivity index (χ0v) is 11.7. The van der Waals surface area contributed by atoms with Crippen molar-refractivity contribution in [1.29, 1.82) is 0 Å². The number of ether oxygens (including phenoxy) is 1. The van der Waals surface area contributed by atoms with Crippen LogP contribution < -0.4 is 4.90 Å². The fourth-order valence-corrected chi connectivity index (χ4v) is 2.39. The summed E-state index contributed by atoms with van der Waals surface area (Å²) in [4.78, 5) is 14.4. The van der Waals surface area contributed by atoms with Crippen molar-refractivity contribution in [3.63, 3.8) is 0 Å². The number of fused-ring (bicyclic) bond motifs is 1. The fourth-order valence-electron chi connectivity index (χ4n) is 2.39. The Morgan fingerprint density at radius 2 is 1.95 bits per heavy atom. The summed E-state index contributed by atoms with van der Waals surface area (Å²) in [6.45, 7) is -0.0752. The molecule has 21 heavy (non-hydrogen) atoms. The van der Waals surface area contributed by atoms with Gasteiger partial charge in [-0.15, -0.1) is 0 Å². The fraction of sp³-hybridized carbons (Fsp3) is 0.583. The quantitative estimate of drug-likeness (QED) is 0.613. The highest BCUT2D eigenvalue weighted by atomic mass is 16.5. The number of hydrogen-bond acceptors (Lipinski definition) is 8. The summed E-state index contributed by atoms with van der Waals surface area (Å²) in [6, 6.07) is 0. The molecule has 0 amide bonds. The third-order valence-corrected chi connectivity index (χ3v) is 3.51. The minimum atomic E-state index is -1.28. The second-order valence-electron chi connectivity index (χ2n) is 5.19. The number of rotatable bonds is 2. The second kappa shape index (κ2) is 5.19. The molecule has 0 saturated carbocycles. The molecule has 1 fully saturated rings. The Morgan fingerprint density at radius 3 is 2.67 bits per heavy atom. The molecular formula is C12H17N5O4. The first-order valence-electron chi connectivity index (χ1n) is 6.51. The lowest BCUT2D eigenvalue weighted by Crippen LogP contribution is -2.50. The van der Waals surface area contributed by atoms with Crippen LogP contribution in [0.2, 0.25) is 0 Å². The third-order valence-electron chi connectivity index (χ3n) is 3.51. The van der Waals surface area contributed by atoms with E-state index in [2.05, 4.69) is 15.0 Å². The maximum Gasteiger partial charge on any atom is 0.167 e. The van der Waals surface area contributed by atoms with E-state index in [0.29, 0.717) is 17.0 Å². The number of imidazole rings is 1. The SMILES string of the molecule is CN(C)c1ncnc2c1ncn2[C@H]1OC[C@@H](O)[C@@H](O)[C@@H]1O. The molecule has 0 unspecified atom stereocenters. The Balaban J connectivity index is 2.04. The van der Waals surface area contributed by atoms with Crippen LogP contribution in [0.5, 0.6) is 0 Å². The molecule has 9 heteroatoms. The Bertz CT molecular complexity index is 646. The van der Waals surface area contributed by atoms with Crippen LogP contribution in [0.1, 0.15) is 6.23 Å². The summed E-state index contributed by atoms with van der Waals surface area (Å²) in [5.41, 5.74) is 1.06. The van der Waals surface area contributed by atoms with E-state index in [1.54, 1.807) is 4.90 Å². The lowest BCUT2D eigenvalue weighted by molar-refractivity contribution is -0.210. The van der Waals surface area contributed by atoms with Gasteiger partial charge >= 0.3 is 0 Å². The van der Waals surface area contributed by atoms with E-state index in [1.807, 2.05) is 14.1 Å². The van der Waals surface area contributed by atoms with Gasteiger partial charge in [-0.1, -0.05) is 0 Å². The van der Waals surface area contributed by atoms with Crippen molar-refractivity contribution in [2.45, 2.75) is 24.5 Å². The summed E-state index contributed by atoms with van der Waals surface area (Å²) < 4.78 is 6.95. The van der Waals surface area contributed by atoms with Crippen LogP contribution in [-0.4, -0.2) is 73.9 Å². The number of nitrogens with zero attached hydrogens (tertiary/aromatic N) is 5. The van der Waals surface area contributed by atoms with Crippen molar-refractivity contribution in [3.8, 4) is 0 Å². The van der Waals surface area contributed by atoms with E-state index < -0.39 is 24.5 Å². The van der Waals surface area contributed by atoms with Crippen LogP contribution in [0.15, 0.2) is 12.7 Å². The number of anilines is 1. The molecule has 0 bridgehead atoms. The molecule has 0 aliphatic carbocycles. The van der Waals surface area contributed by atoms with Gasteiger partial charge in [-0.2, -0.15) is 0 Å². The van der Waals surface area contributed by atoms with E-state index >= 15 is 0 Å². The van der Waals surface area contributed by atoms with E-state index in [4.69, 9.17) is 4.74 Å². The summed E-state index contributed by atoms with van der Waals surface area (Å²) in [5, 5.41) is 29.4. The Morgan fingerprint density at radius 1 is 1.19 bits per heavy atom. The zero-order chi connectivity index (χ0) is 15.1. The zero-order valence-electron chi connectivity index (χ0n) is 11.7. The van der Waals surface area contributed by atoms with Crippen molar-refractivity contribution in [2.75, 3.05) is 25.6 Å². The standard InChI is InChI=1S/C12H17N5O4/c1-16(2)10-7-11(14-4-13-10)17(5-15-7)12-9(20)8(19)6(18)3-21-12/h4-6,8-9,12,18-20H,3H2,1-2H3/t6-,8-,9+,12+/m1/s1. The molecule has 0 aromatic carbocycles. The highest BCUT2D eigenvalue weighted by Crippen LogP contribution is 2.28. The Labute approximate surface area is 120 Å². The van der Waals surface area contributed by atoms with Gasteiger partial charge in [-0.25, -0.2) is 15.0 Å². The lowest BCUT2D eigenvalue weighted by Gasteiger charge is -2.35. The van der Waals surface area contributed by atoms with Crippen LogP contribution in [0.3, 0.4) is 0 Å². The van der Waals surface area contributed by atoms with E-state index in [9.17, 15) is 15.3 Å². The maximum atomic E-state index is 10.1. The van der Waals surface area contributed by atoms with Crippen LogP contribution in [0.4, 0.5) is 5.82 Å². The molecule has 114 valence electrons. The van der Waals surface area contributed by atoms with Crippen molar-refractivity contribution in [2.24, 2.45) is 0 Å². The molecule has 0 spiro atoms. The number of aromatic nitrogens is 4. The first-order valence-corrected chi connectivity index (χ1v) is 6.51. The summed E-state index contributed by atoms with van der Waals surface area (Å²) in [6.07, 6.45) is -1.65. The first kappa shape index (κ1) is 14.1. The first-order chi connectivity index (χ1) is 10.0. The summed E-state index contributed by atoms with van der Waals surface area (Å²) in [5.74, 6) is 0.643. The van der Waals surface area contributed by atoms with Gasteiger partial charge in [-0.3, -0.25) is 4.57 Å². The topological polar surface area (TPSA) is 117 Å². The van der Waals surface area contributed by atoms with Gasteiger partial charge in [0.1, 0.15) is 24.6 Å². The summed E-state index contributed by atoms with van der Waals surface area (Å²) >= 11 is 0. The van der Waals surface area contributed by atoms with E-state index in [1.165, 1.54) is 17.2 Å². The molecule has 0 radical (unpaired) electrons. The smallest absolute Gasteiger partial charge is 0.167 e. The van der Waals surface area contributed by atoms with Gasteiger partial charge in [0.2, 0.25) is 0 Å². The van der Waals surface area contributed by atoms with Gasteiger partial charge in [-0.05, 0) is 0 Å². The number of aliphatic hydroxyl groups excluding tert-OH is 3. The largest absolute Gasteiger partial charge is 0.388 e. The molecule has 4 atom stereocenters. The average molecular weight is 295 g/mol. The Kier molecular flexibility index (Phi) is 3.49. The lowest BCUT2D eigenvalue weighted by atomic mass is 10.0. The van der Waals surface area contributed by atoms with Crippen molar-refractivity contribution in [1.82, 2.24) is 19.5 Å². The van der Waals surface area contributed by atoms with E-state index in [0.717, 1.165) is 0 Å². The minimum absolute atomic E-state index is 0.0752.